The zero-order chi connectivity index (χ0) is 17.9. The zero-order valence-corrected chi connectivity index (χ0v) is 15.3. The first-order valence-electron chi connectivity index (χ1n) is 9.41. The third-order valence-corrected chi connectivity index (χ3v) is 5.50. The van der Waals surface area contributed by atoms with Crippen molar-refractivity contribution in [1.29, 1.82) is 0 Å². The van der Waals surface area contributed by atoms with E-state index in [1.165, 1.54) is 11.1 Å². The lowest BCUT2D eigenvalue weighted by Crippen LogP contribution is -2.49. The summed E-state index contributed by atoms with van der Waals surface area (Å²) in [6.07, 6.45) is 4.80. The molecule has 1 amide bonds. The van der Waals surface area contributed by atoms with Crippen molar-refractivity contribution in [2.45, 2.75) is 18.4 Å². The van der Waals surface area contributed by atoms with E-state index in [9.17, 15) is 4.79 Å². The molecule has 0 spiro atoms. The summed E-state index contributed by atoms with van der Waals surface area (Å²) in [5, 5.41) is 3.44. The number of rotatable bonds is 5. The highest BCUT2D eigenvalue weighted by Gasteiger charge is 2.38. The Bertz CT molecular complexity index is 738. The molecule has 1 N–H and O–H groups in total. The highest BCUT2D eigenvalue weighted by Crippen LogP contribution is 2.41. The third-order valence-electron chi connectivity index (χ3n) is 5.50. The van der Waals surface area contributed by atoms with Gasteiger partial charge in [-0.15, -0.1) is 0 Å². The Morgan fingerprint density at radius 1 is 1.12 bits per heavy atom. The minimum atomic E-state index is 0.232. The first kappa shape index (κ1) is 17.2. The molecule has 1 saturated carbocycles. The average molecular weight is 350 g/mol. The van der Waals surface area contributed by atoms with E-state index in [-0.39, 0.29) is 5.91 Å². The second kappa shape index (κ2) is 7.56. The van der Waals surface area contributed by atoms with Gasteiger partial charge in [-0.05, 0) is 36.2 Å². The number of pyridine rings is 1. The van der Waals surface area contributed by atoms with E-state index in [1.807, 2.05) is 17.2 Å². The Kier molecular flexibility index (Phi) is 5.00. The Morgan fingerprint density at radius 2 is 1.88 bits per heavy atom. The predicted molar refractivity (Wildman–Crippen MR) is 103 cm³/mol. The maximum atomic E-state index is 12.3. The van der Waals surface area contributed by atoms with Crippen LogP contribution in [-0.4, -0.2) is 66.5 Å². The highest BCUT2D eigenvalue weighted by atomic mass is 16.2. The summed E-state index contributed by atoms with van der Waals surface area (Å²) in [4.78, 5) is 20.7. The van der Waals surface area contributed by atoms with Gasteiger partial charge in [0.2, 0.25) is 5.91 Å². The lowest BCUT2D eigenvalue weighted by Gasteiger charge is -2.32. The van der Waals surface area contributed by atoms with Crippen molar-refractivity contribution in [2.24, 2.45) is 0 Å². The quantitative estimate of drug-likeness (QED) is 0.896. The van der Waals surface area contributed by atoms with Gasteiger partial charge >= 0.3 is 0 Å². The van der Waals surface area contributed by atoms with Crippen molar-refractivity contribution in [3.63, 3.8) is 0 Å². The van der Waals surface area contributed by atoms with E-state index in [0.29, 0.717) is 18.5 Å². The summed E-state index contributed by atoms with van der Waals surface area (Å²) in [7, 11) is 2.11. The number of hydrogen-bond acceptors (Lipinski definition) is 4. The second-order valence-electron chi connectivity index (χ2n) is 7.38. The molecule has 2 aliphatic rings. The van der Waals surface area contributed by atoms with Gasteiger partial charge in [-0.3, -0.25) is 9.78 Å². The molecule has 1 saturated heterocycles. The van der Waals surface area contributed by atoms with Crippen molar-refractivity contribution >= 4 is 5.91 Å². The van der Waals surface area contributed by atoms with Gasteiger partial charge < -0.3 is 15.1 Å². The van der Waals surface area contributed by atoms with E-state index in [1.54, 1.807) is 6.20 Å². The maximum Gasteiger partial charge on any atom is 0.236 e. The van der Waals surface area contributed by atoms with Crippen molar-refractivity contribution in [2.75, 3.05) is 39.8 Å². The number of nitrogens with zero attached hydrogens (tertiary/aromatic N) is 3. The van der Waals surface area contributed by atoms with Crippen LogP contribution in [0.4, 0.5) is 0 Å². The SMILES string of the molecule is CN1CCN(C(=O)CN[C@H]2C[C@@H]2c2ccc(-c3cccnc3)cc2)CC1. The second-order valence-corrected chi connectivity index (χ2v) is 7.38. The maximum absolute atomic E-state index is 12.3. The number of carbonyl (C=O) groups is 1. The lowest BCUT2D eigenvalue weighted by atomic mass is 10.0. The van der Waals surface area contributed by atoms with Crippen LogP contribution in [0.25, 0.3) is 11.1 Å². The number of benzene rings is 1. The summed E-state index contributed by atoms with van der Waals surface area (Å²) in [5.41, 5.74) is 3.68. The van der Waals surface area contributed by atoms with E-state index in [2.05, 4.69) is 52.6 Å². The number of aromatic nitrogens is 1. The van der Waals surface area contributed by atoms with Crippen LogP contribution in [0, 0.1) is 0 Å². The Hall–Kier alpha value is -2.24. The first-order chi connectivity index (χ1) is 12.7. The van der Waals surface area contributed by atoms with Gasteiger partial charge in [0.05, 0.1) is 6.54 Å². The molecule has 26 heavy (non-hydrogen) atoms. The van der Waals surface area contributed by atoms with Crippen LogP contribution in [0.1, 0.15) is 17.9 Å². The smallest absolute Gasteiger partial charge is 0.236 e. The normalized spacial score (nSPS) is 23.0. The molecule has 1 aliphatic carbocycles. The molecule has 0 bridgehead atoms. The third kappa shape index (κ3) is 3.94. The lowest BCUT2D eigenvalue weighted by molar-refractivity contribution is -0.131. The van der Waals surface area contributed by atoms with Gasteiger partial charge in [0.15, 0.2) is 0 Å². The molecule has 1 aliphatic heterocycles. The molecule has 5 nitrogen and oxygen atoms in total. The molecule has 2 fully saturated rings. The molecule has 0 radical (unpaired) electrons. The Labute approximate surface area is 155 Å². The summed E-state index contributed by atoms with van der Waals surface area (Å²) in [6.45, 7) is 4.10. The standard InChI is InChI=1S/C21H26N4O/c1-24-9-11-25(12-10-24)21(26)15-23-20-13-19(20)17-6-4-16(5-7-17)18-3-2-8-22-14-18/h2-8,14,19-20,23H,9-13,15H2,1H3/t19-,20+/m1/s1. The van der Waals surface area contributed by atoms with Gasteiger partial charge in [0.1, 0.15) is 0 Å². The van der Waals surface area contributed by atoms with E-state index < -0.39 is 0 Å². The van der Waals surface area contributed by atoms with Crippen LogP contribution in [0.2, 0.25) is 0 Å². The van der Waals surface area contributed by atoms with E-state index in [4.69, 9.17) is 0 Å². The number of carbonyl (C=O) groups excluding carboxylic acids is 1. The fourth-order valence-corrected chi connectivity index (χ4v) is 3.63. The topological polar surface area (TPSA) is 48.5 Å². The minimum Gasteiger partial charge on any atom is -0.339 e. The Morgan fingerprint density at radius 3 is 2.58 bits per heavy atom. The van der Waals surface area contributed by atoms with Gasteiger partial charge in [0.25, 0.3) is 0 Å². The van der Waals surface area contributed by atoms with Gasteiger partial charge in [-0.1, -0.05) is 30.3 Å². The number of nitrogens with one attached hydrogen (secondary N) is 1. The number of amides is 1. The number of piperazine rings is 1. The molecule has 2 atom stereocenters. The molecule has 5 heteroatoms. The van der Waals surface area contributed by atoms with Crippen LogP contribution in [0.3, 0.4) is 0 Å². The first-order valence-corrected chi connectivity index (χ1v) is 9.41. The highest BCUT2D eigenvalue weighted by molar-refractivity contribution is 5.78. The molecule has 0 unspecified atom stereocenters. The van der Waals surface area contributed by atoms with Gasteiger partial charge in [-0.2, -0.15) is 0 Å². The van der Waals surface area contributed by atoms with Crippen LogP contribution >= 0.6 is 0 Å². The van der Waals surface area contributed by atoms with Gasteiger partial charge in [0, 0.05) is 50.5 Å². The van der Waals surface area contributed by atoms with Crippen molar-refractivity contribution in [3.8, 4) is 11.1 Å². The summed E-state index contributed by atoms with van der Waals surface area (Å²) < 4.78 is 0. The van der Waals surface area contributed by atoms with Crippen molar-refractivity contribution < 1.29 is 4.79 Å². The molecular weight excluding hydrogens is 324 g/mol. The summed E-state index contributed by atoms with van der Waals surface area (Å²) in [6, 6.07) is 13.2. The van der Waals surface area contributed by atoms with Crippen LogP contribution in [0.15, 0.2) is 48.8 Å². The fourth-order valence-electron chi connectivity index (χ4n) is 3.63. The van der Waals surface area contributed by atoms with Crippen LogP contribution in [-0.2, 0) is 4.79 Å². The van der Waals surface area contributed by atoms with Crippen molar-refractivity contribution in [1.82, 2.24) is 20.1 Å². The minimum absolute atomic E-state index is 0.232. The molecule has 4 rings (SSSR count). The monoisotopic (exact) mass is 350 g/mol. The average Bonchev–Trinajstić information content (AvgIpc) is 3.47. The Balaban J connectivity index is 1.27. The van der Waals surface area contributed by atoms with Crippen LogP contribution < -0.4 is 5.32 Å². The molecule has 136 valence electrons. The largest absolute Gasteiger partial charge is 0.339 e. The molecule has 1 aromatic heterocycles. The molecule has 2 heterocycles. The molecule has 1 aromatic carbocycles. The fraction of sp³-hybridized carbons (Fsp3) is 0.429. The van der Waals surface area contributed by atoms with Crippen molar-refractivity contribution in [3.05, 3.63) is 54.4 Å². The molecular formula is C21H26N4O. The molecule has 2 aromatic rings. The zero-order valence-electron chi connectivity index (χ0n) is 15.3. The number of likely N-dealkylation sites (N-methyl/N-ethyl adjacent to an activating group) is 1. The number of hydrogen-bond donors (Lipinski definition) is 1. The van der Waals surface area contributed by atoms with Crippen LogP contribution in [0.5, 0.6) is 0 Å². The van der Waals surface area contributed by atoms with E-state index >= 15 is 0 Å². The summed E-state index contributed by atoms with van der Waals surface area (Å²) >= 11 is 0. The van der Waals surface area contributed by atoms with Gasteiger partial charge in [-0.25, -0.2) is 0 Å². The van der Waals surface area contributed by atoms with E-state index in [0.717, 1.165) is 38.2 Å². The predicted octanol–water partition coefficient (Wildman–Crippen LogP) is 1.97. The summed E-state index contributed by atoms with van der Waals surface area (Å²) in [5.74, 6) is 0.758.